The molecular formula is C22H19ClN8O. The zero-order chi connectivity index (χ0) is 21.9. The van der Waals surface area contributed by atoms with Crippen molar-refractivity contribution >= 4 is 28.5 Å². The predicted octanol–water partition coefficient (Wildman–Crippen LogP) is 3.79. The number of benzene rings is 2. The van der Waals surface area contributed by atoms with Crippen molar-refractivity contribution in [1.82, 2.24) is 34.7 Å². The summed E-state index contributed by atoms with van der Waals surface area (Å²) in [6, 6.07) is 21.6. The van der Waals surface area contributed by atoms with Gasteiger partial charge in [-0.3, -0.25) is 0 Å². The number of anilines is 1. The lowest BCUT2D eigenvalue weighted by atomic mass is 10.2. The molecule has 3 aromatic heterocycles. The summed E-state index contributed by atoms with van der Waals surface area (Å²) in [5, 5.41) is 15.8. The van der Waals surface area contributed by atoms with E-state index in [0.717, 1.165) is 28.1 Å². The van der Waals surface area contributed by atoms with Crippen molar-refractivity contribution in [2.45, 2.75) is 13.2 Å². The van der Waals surface area contributed by atoms with Crippen LogP contribution in [0, 0.1) is 0 Å². The molecule has 0 aliphatic carbocycles. The van der Waals surface area contributed by atoms with Crippen LogP contribution in [0.3, 0.4) is 0 Å². The van der Waals surface area contributed by atoms with E-state index in [-0.39, 0.29) is 6.61 Å². The monoisotopic (exact) mass is 446 g/mol. The van der Waals surface area contributed by atoms with Crippen LogP contribution < -0.4 is 10.1 Å². The third-order valence-corrected chi connectivity index (χ3v) is 5.12. The van der Waals surface area contributed by atoms with Gasteiger partial charge in [0.15, 0.2) is 0 Å². The number of hydrogen-bond acceptors (Lipinski definition) is 7. The molecule has 0 aliphatic heterocycles. The molecule has 0 aliphatic rings. The molecule has 9 nitrogen and oxygen atoms in total. The molecule has 0 saturated heterocycles. The number of para-hydroxylation sites is 2. The van der Waals surface area contributed by atoms with E-state index in [2.05, 4.69) is 30.8 Å². The van der Waals surface area contributed by atoms with Gasteiger partial charge in [-0.1, -0.05) is 47.0 Å². The molecule has 32 heavy (non-hydrogen) atoms. The average Bonchev–Trinajstić information content (AvgIpc) is 3.40. The summed E-state index contributed by atoms with van der Waals surface area (Å²) in [6.07, 6.45) is 0. The van der Waals surface area contributed by atoms with Crippen LogP contribution in [0.25, 0.3) is 17.0 Å². The molecule has 5 aromatic rings. The summed E-state index contributed by atoms with van der Waals surface area (Å²) in [5.41, 5.74) is 3.52. The Kier molecular flexibility index (Phi) is 5.39. The van der Waals surface area contributed by atoms with Crippen LogP contribution in [0.2, 0.25) is 5.02 Å². The fourth-order valence-corrected chi connectivity index (χ4v) is 3.43. The van der Waals surface area contributed by atoms with E-state index in [4.69, 9.17) is 16.3 Å². The molecule has 0 fully saturated rings. The number of aryl methyl sites for hydroxylation is 1. The first kappa shape index (κ1) is 20.0. The molecule has 0 bridgehead atoms. The summed E-state index contributed by atoms with van der Waals surface area (Å²) in [6.45, 7) is 0.883. The number of imidazole rings is 1. The van der Waals surface area contributed by atoms with Crippen molar-refractivity contribution in [1.29, 1.82) is 0 Å². The maximum atomic E-state index is 6.06. The summed E-state index contributed by atoms with van der Waals surface area (Å²) >= 11 is 5.95. The topological polar surface area (TPSA) is 95.6 Å². The molecule has 1 N–H and O–H groups in total. The second kappa shape index (κ2) is 8.64. The van der Waals surface area contributed by atoms with Gasteiger partial charge in [0.1, 0.15) is 12.4 Å². The third-order valence-electron chi connectivity index (χ3n) is 4.87. The molecule has 0 saturated carbocycles. The van der Waals surface area contributed by atoms with Crippen LogP contribution in [0.5, 0.6) is 6.01 Å². The van der Waals surface area contributed by atoms with Crippen molar-refractivity contribution in [3.8, 4) is 12.0 Å². The Morgan fingerprint density at radius 1 is 0.969 bits per heavy atom. The summed E-state index contributed by atoms with van der Waals surface area (Å²) in [5.74, 6) is 1.27. The van der Waals surface area contributed by atoms with Gasteiger partial charge in [0, 0.05) is 18.6 Å². The van der Waals surface area contributed by atoms with E-state index in [1.807, 2.05) is 66.7 Å². The number of pyridine rings is 1. The second-order valence-corrected chi connectivity index (χ2v) is 7.54. The standard InChI is InChI=1S/C22H19ClN8O/c1-30-21(27-28-29-30)31-19-7-3-2-6-18(19)26-22(31)32-14-17-5-4-8-20(25-17)24-13-15-9-11-16(23)12-10-15/h2-12H,13-14H2,1H3,(H,24,25). The first-order valence-corrected chi connectivity index (χ1v) is 10.3. The summed E-state index contributed by atoms with van der Waals surface area (Å²) in [4.78, 5) is 9.25. The maximum Gasteiger partial charge on any atom is 0.305 e. The van der Waals surface area contributed by atoms with Crippen LogP contribution in [-0.4, -0.2) is 34.7 Å². The minimum atomic E-state index is 0.241. The third kappa shape index (κ3) is 4.10. The first-order chi connectivity index (χ1) is 15.7. The van der Waals surface area contributed by atoms with Gasteiger partial charge in [0.05, 0.1) is 16.7 Å². The Hall–Kier alpha value is -3.98. The van der Waals surface area contributed by atoms with E-state index in [9.17, 15) is 0 Å². The largest absolute Gasteiger partial charge is 0.458 e. The van der Waals surface area contributed by atoms with Crippen molar-refractivity contribution in [3.63, 3.8) is 0 Å². The highest BCUT2D eigenvalue weighted by molar-refractivity contribution is 6.30. The number of halogens is 1. The Bertz CT molecular complexity index is 1360. The molecule has 0 amide bonds. The molecule has 0 unspecified atom stereocenters. The fraction of sp³-hybridized carbons (Fsp3) is 0.136. The Labute approximate surface area is 188 Å². The Morgan fingerprint density at radius 3 is 2.62 bits per heavy atom. The van der Waals surface area contributed by atoms with Crippen LogP contribution in [0.1, 0.15) is 11.3 Å². The highest BCUT2D eigenvalue weighted by Crippen LogP contribution is 2.25. The van der Waals surface area contributed by atoms with Crippen LogP contribution in [-0.2, 0) is 20.2 Å². The average molecular weight is 447 g/mol. The molecule has 0 radical (unpaired) electrons. The lowest BCUT2D eigenvalue weighted by molar-refractivity contribution is 0.272. The molecule has 0 spiro atoms. The van der Waals surface area contributed by atoms with Crippen LogP contribution in [0.15, 0.2) is 66.7 Å². The zero-order valence-electron chi connectivity index (χ0n) is 17.2. The summed E-state index contributed by atoms with van der Waals surface area (Å²) in [7, 11) is 1.77. The smallest absolute Gasteiger partial charge is 0.305 e. The number of hydrogen-bond donors (Lipinski definition) is 1. The fourth-order valence-electron chi connectivity index (χ4n) is 3.30. The number of nitrogens with zero attached hydrogens (tertiary/aromatic N) is 7. The van der Waals surface area contributed by atoms with E-state index < -0.39 is 0 Å². The minimum absolute atomic E-state index is 0.241. The van der Waals surface area contributed by atoms with Crippen molar-refractivity contribution < 1.29 is 4.74 Å². The molecule has 2 aromatic carbocycles. The van der Waals surface area contributed by atoms with E-state index in [1.54, 1.807) is 16.3 Å². The van der Waals surface area contributed by atoms with Gasteiger partial charge in [-0.2, -0.15) is 4.98 Å². The highest BCUT2D eigenvalue weighted by Gasteiger charge is 2.18. The van der Waals surface area contributed by atoms with E-state index in [0.29, 0.717) is 23.5 Å². The number of nitrogens with one attached hydrogen (secondary N) is 1. The maximum absolute atomic E-state index is 6.06. The van der Waals surface area contributed by atoms with Gasteiger partial charge in [-0.25, -0.2) is 14.2 Å². The van der Waals surface area contributed by atoms with Crippen molar-refractivity contribution in [2.24, 2.45) is 7.05 Å². The molecule has 0 atom stereocenters. The number of rotatable bonds is 7. The van der Waals surface area contributed by atoms with Gasteiger partial charge < -0.3 is 10.1 Å². The lowest BCUT2D eigenvalue weighted by Crippen LogP contribution is -2.09. The predicted molar refractivity (Wildman–Crippen MR) is 121 cm³/mol. The van der Waals surface area contributed by atoms with Gasteiger partial charge in [-0.05, 0) is 52.4 Å². The number of tetrazole rings is 1. The Balaban J connectivity index is 1.34. The van der Waals surface area contributed by atoms with Gasteiger partial charge in [0.2, 0.25) is 0 Å². The number of ether oxygens (including phenoxy) is 1. The minimum Gasteiger partial charge on any atom is -0.458 e. The molecule has 160 valence electrons. The van der Waals surface area contributed by atoms with Crippen molar-refractivity contribution in [3.05, 3.63) is 83.0 Å². The molecule has 10 heteroatoms. The number of aromatic nitrogens is 7. The SMILES string of the molecule is Cn1nnnc1-n1c(OCc2cccc(NCc3ccc(Cl)cc3)n2)nc2ccccc21. The van der Waals surface area contributed by atoms with E-state index in [1.165, 1.54) is 0 Å². The normalized spacial score (nSPS) is 11.1. The number of fused-ring (bicyclic) bond motifs is 1. The molecular weight excluding hydrogens is 428 g/mol. The Morgan fingerprint density at radius 2 is 1.81 bits per heavy atom. The second-order valence-electron chi connectivity index (χ2n) is 7.10. The van der Waals surface area contributed by atoms with E-state index >= 15 is 0 Å². The summed E-state index contributed by atoms with van der Waals surface area (Å²) < 4.78 is 9.42. The quantitative estimate of drug-likeness (QED) is 0.406. The zero-order valence-corrected chi connectivity index (χ0v) is 17.9. The van der Waals surface area contributed by atoms with Crippen LogP contribution >= 0.6 is 11.6 Å². The van der Waals surface area contributed by atoms with Gasteiger partial charge in [0.25, 0.3) is 5.95 Å². The first-order valence-electron chi connectivity index (χ1n) is 9.94. The van der Waals surface area contributed by atoms with Crippen LogP contribution in [0.4, 0.5) is 5.82 Å². The lowest BCUT2D eigenvalue weighted by Gasteiger charge is -2.10. The van der Waals surface area contributed by atoms with Gasteiger partial charge >= 0.3 is 6.01 Å². The van der Waals surface area contributed by atoms with Crippen molar-refractivity contribution in [2.75, 3.05) is 5.32 Å². The highest BCUT2D eigenvalue weighted by atomic mass is 35.5. The molecule has 5 rings (SSSR count). The molecule has 3 heterocycles. The van der Waals surface area contributed by atoms with Gasteiger partial charge in [-0.15, -0.1) is 0 Å².